The Bertz CT molecular complexity index is 1550. The molecule has 248 valence electrons. The second kappa shape index (κ2) is 12.9. The molecule has 1 N–H and O–H groups in total. The zero-order valence-electron chi connectivity index (χ0n) is 28.3. The molecule has 0 spiro atoms. The summed E-state index contributed by atoms with van der Waals surface area (Å²) in [5.74, 6) is -0.215. The van der Waals surface area contributed by atoms with Crippen LogP contribution in [0.15, 0.2) is 61.3 Å². The Balaban J connectivity index is 1.60. The van der Waals surface area contributed by atoms with Crippen LogP contribution in [-0.4, -0.2) is 69.0 Å². The molecule has 1 aromatic heterocycles. The van der Waals surface area contributed by atoms with Crippen molar-refractivity contribution in [3.63, 3.8) is 0 Å². The number of piperidine rings is 2. The number of esters is 1. The van der Waals surface area contributed by atoms with E-state index < -0.39 is 16.7 Å². The highest BCUT2D eigenvalue weighted by Crippen LogP contribution is 2.55. The fourth-order valence-corrected chi connectivity index (χ4v) is 7.83. The number of fused-ring (bicyclic) bond motifs is 1. The first-order valence-corrected chi connectivity index (χ1v) is 16.5. The second-order valence-electron chi connectivity index (χ2n) is 15.1. The first-order chi connectivity index (χ1) is 21.7. The number of halogens is 1. The monoisotopic (exact) mass is 633 g/mol. The van der Waals surface area contributed by atoms with E-state index in [1.165, 1.54) is 12.1 Å². The molecule has 2 aliphatic rings. The predicted molar refractivity (Wildman–Crippen MR) is 177 cm³/mol. The number of amides is 1. The van der Waals surface area contributed by atoms with E-state index >= 15 is 0 Å². The maximum absolute atomic E-state index is 14.8. The van der Waals surface area contributed by atoms with Crippen molar-refractivity contribution in [2.45, 2.75) is 90.5 Å². The number of ether oxygens (including phenoxy) is 2. The summed E-state index contributed by atoms with van der Waals surface area (Å²) in [7, 11) is 0. The summed E-state index contributed by atoms with van der Waals surface area (Å²) in [5.41, 5.74) is 0.628. The van der Waals surface area contributed by atoms with Gasteiger partial charge in [0.25, 0.3) is 0 Å². The number of hydrogen-bond donors (Lipinski definition) is 1. The fourth-order valence-electron chi connectivity index (χ4n) is 7.83. The van der Waals surface area contributed by atoms with E-state index in [2.05, 4.69) is 39.9 Å². The summed E-state index contributed by atoms with van der Waals surface area (Å²) in [6.07, 6.45) is 6.97. The molecule has 0 bridgehead atoms. The van der Waals surface area contributed by atoms with E-state index in [0.717, 1.165) is 60.8 Å². The van der Waals surface area contributed by atoms with Crippen molar-refractivity contribution in [2.24, 2.45) is 11.8 Å². The van der Waals surface area contributed by atoms with Crippen LogP contribution in [0, 0.1) is 17.7 Å². The Kier molecular flexibility index (Phi) is 9.49. The molecule has 3 unspecified atom stereocenters. The van der Waals surface area contributed by atoms with Crippen LogP contribution in [0.25, 0.3) is 10.9 Å². The van der Waals surface area contributed by atoms with Crippen LogP contribution in [0.3, 0.4) is 0 Å². The van der Waals surface area contributed by atoms with Gasteiger partial charge < -0.3 is 9.47 Å². The van der Waals surface area contributed by atoms with Crippen molar-refractivity contribution in [1.29, 1.82) is 0 Å². The van der Waals surface area contributed by atoms with Gasteiger partial charge >= 0.3 is 12.1 Å². The maximum atomic E-state index is 14.8. The van der Waals surface area contributed by atoms with Crippen LogP contribution in [0.1, 0.15) is 78.4 Å². The van der Waals surface area contributed by atoms with Gasteiger partial charge in [0, 0.05) is 22.4 Å². The Morgan fingerprint density at radius 3 is 2.35 bits per heavy atom. The third-order valence-electron chi connectivity index (χ3n) is 9.63. The number of nitrogens with one attached hydrogen (secondary N) is 1. The van der Waals surface area contributed by atoms with Gasteiger partial charge in [-0.15, -0.1) is 0 Å². The van der Waals surface area contributed by atoms with Gasteiger partial charge in [0.1, 0.15) is 23.6 Å². The molecule has 46 heavy (non-hydrogen) atoms. The highest BCUT2D eigenvalue weighted by Gasteiger charge is 2.64. The van der Waals surface area contributed by atoms with Crippen molar-refractivity contribution in [3.05, 3.63) is 78.3 Å². The standard InChI is InChI=1S/C37H50FN4O4/c1-8-37(29-14-13-28-23-39-40-32(28)22-29)31(27-17-19-41(20-18-27)24-33(43)45-35(2,3)4)10-9-21-42(37,34(44)46-36(5,6)7)25-26-11-15-30(38)16-12-26/h8,11-16,22-23,27,31H,1,9-10,17-21,24-25H2,2-7H3,(H,39,40)/q+1. The number of benzene rings is 2. The SMILES string of the molecule is C=CC1(c2ccc3cn[nH]c3c2)C(C2CCN(CC(=O)OC(C)(C)C)CC2)CCC[N+]1(Cc1ccc(F)cc1)C(=O)OC(C)(C)C. The van der Waals surface area contributed by atoms with Crippen LogP contribution in [0.2, 0.25) is 0 Å². The molecule has 3 aromatic rings. The largest absolute Gasteiger partial charge is 0.517 e. The van der Waals surface area contributed by atoms with Crippen molar-refractivity contribution in [1.82, 2.24) is 15.1 Å². The number of carbonyl (C=O) groups is 2. The highest BCUT2D eigenvalue weighted by atomic mass is 19.1. The van der Waals surface area contributed by atoms with Crippen LogP contribution < -0.4 is 0 Å². The molecule has 2 saturated heterocycles. The van der Waals surface area contributed by atoms with E-state index in [-0.39, 0.29) is 40.7 Å². The van der Waals surface area contributed by atoms with Gasteiger partial charge in [0.05, 0.1) is 24.8 Å². The minimum Gasteiger partial charge on any atom is -0.459 e. The van der Waals surface area contributed by atoms with E-state index in [1.54, 1.807) is 18.3 Å². The lowest BCUT2D eigenvalue weighted by atomic mass is 9.62. The van der Waals surface area contributed by atoms with E-state index in [4.69, 9.17) is 9.47 Å². The zero-order chi connectivity index (χ0) is 33.3. The lowest BCUT2D eigenvalue weighted by molar-refractivity contribution is -0.934. The Hall–Kier alpha value is -3.56. The summed E-state index contributed by atoms with van der Waals surface area (Å²) in [4.78, 5) is 29.6. The van der Waals surface area contributed by atoms with Crippen molar-refractivity contribution >= 4 is 23.0 Å². The third kappa shape index (κ3) is 6.91. The van der Waals surface area contributed by atoms with E-state index in [1.807, 2.05) is 47.6 Å². The third-order valence-corrected chi connectivity index (χ3v) is 9.63. The van der Waals surface area contributed by atoms with Gasteiger partial charge in [0.2, 0.25) is 0 Å². The molecule has 2 fully saturated rings. The average molecular weight is 634 g/mol. The van der Waals surface area contributed by atoms with Crippen LogP contribution in [0.4, 0.5) is 9.18 Å². The van der Waals surface area contributed by atoms with Crippen LogP contribution >= 0.6 is 0 Å². The molecule has 2 aliphatic heterocycles. The minimum atomic E-state index is -0.855. The zero-order valence-corrected chi connectivity index (χ0v) is 28.3. The maximum Gasteiger partial charge on any atom is 0.517 e. The number of H-pyrrole nitrogens is 1. The van der Waals surface area contributed by atoms with Gasteiger partial charge in [-0.3, -0.25) is 14.8 Å². The van der Waals surface area contributed by atoms with Gasteiger partial charge in [-0.2, -0.15) is 9.89 Å². The molecule has 9 heteroatoms. The summed E-state index contributed by atoms with van der Waals surface area (Å²) < 4.78 is 26.0. The molecule has 2 aromatic carbocycles. The molecule has 3 heterocycles. The van der Waals surface area contributed by atoms with Crippen molar-refractivity contribution in [2.75, 3.05) is 26.2 Å². The van der Waals surface area contributed by atoms with E-state index in [9.17, 15) is 14.0 Å². The van der Waals surface area contributed by atoms with Crippen LogP contribution in [0.5, 0.6) is 0 Å². The lowest BCUT2D eigenvalue weighted by Crippen LogP contribution is -2.71. The summed E-state index contributed by atoms with van der Waals surface area (Å²) >= 11 is 0. The van der Waals surface area contributed by atoms with Crippen molar-refractivity contribution in [3.8, 4) is 0 Å². The minimum absolute atomic E-state index is 0.0121. The molecule has 0 saturated carbocycles. The molecule has 1 amide bonds. The Labute approximate surface area is 272 Å². The second-order valence-corrected chi connectivity index (χ2v) is 15.1. The molecule has 8 nitrogen and oxygen atoms in total. The first-order valence-electron chi connectivity index (χ1n) is 16.5. The molecule has 3 atom stereocenters. The van der Waals surface area contributed by atoms with Gasteiger partial charge in [-0.25, -0.2) is 8.87 Å². The van der Waals surface area contributed by atoms with Gasteiger partial charge in [0.15, 0.2) is 5.54 Å². The number of carbonyl (C=O) groups excluding carboxylic acids is 2. The smallest absolute Gasteiger partial charge is 0.459 e. The molecule has 0 radical (unpaired) electrons. The Morgan fingerprint density at radius 1 is 1.04 bits per heavy atom. The van der Waals surface area contributed by atoms with Crippen molar-refractivity contribution < 1.29 is 27.9 Å². The number of aromatic amines is 1. The molecular formula is C37H50FN4O4+. The van der Waals surface area contributed by atoms with Gasteiger partial charge in [-0.05, 0) is 111 Å². The summed E-state index contributed by atoms with van der Waals surface area (Å²) in [6.45, 7) is 18.5. The fraction of sp³-hybridized carbons (Fsp3) is 0.541. The number of nitrogens with zero attached hydrogens (tertiary/aromatic N) is 3. The topological polar surface area (TPSA) is 84.5 Å². The van der Waals surface area contributed by atoms with Crippen LogP contribution in [-0.2, 0) is 26.4 Å². The number of rotatable bonds is 7. The highest BCUT2D eigenvalue weighted by molar-refractivity contribution is 5.79. The first kappa shape index (κ1) is 33.8. The van der Waals surface area contributed by atoms with E-state index in [0.29, 0.717) is 13.1 Å². The molecule has 0 aliphatic carbocycles. The summed E-state index contributed by atoms with van der Waals surface area (Å²) in [5, 5.41) is 8.38. The predicted octanol–water partition coefficient (Wildman–Crippen LogP) is 7.50. The molecule has 5 rings (SSSR count). The number of aromatic nitrogens is 2. The average Bonchev–Trinajstić information content (AvgIpc) is 3.45. The Morgan fingerprint density at radius 2 is 1.72 bits per heavy atom. The number of likely N-dealkylation sites (tertiary alicyclic amines) is 2. The summed E-state index contributed by atoms with van der Waals surface area (Å²) in [6, 6.07) is 12.7. The van der Waals surface area contributed by atoms with Gasteiger partial charge in [-0.1, -0.05) is 30.8 Å². The molecular weight excluding hydrogens is 583 g/mol. The number of hydrogen-bond acceptors (Lipinski definition) is 6. The normalized spacial score (nSPS) is 24.9. The quantitative estimate of drug-likeness (QED) is 0.165. The lowest BCUT2D eigenvalue weighted by Gasteiger charge is -2.58. The number of quaternary nitrogens is 1.